The minimum absolute atomic E-state index is 0.0517. The van der Waals surface area contributed by atoms with E-state index in [0.717, 1.165) is 29.1 Å². The smallest absolute Gasteiger partial charge is 0.313 e. The van der Waals surface area contributed by atoms with Crippen molar-refractivity contribution in [3.63, 3.8) is 0 Å². The van der Waals surface area contributed by atoms with Crippen LogP contribution in [0.1, 0.15) is 30.4 Å². The molecule has 166 valence electrons. The summed E-state index contributed by atoms with van der Waals surface area (Å²) in [4.78, 5) is 22.8. The van der Waals surface area contributed by atoms with Gasteiger partial charge in [-0.2, -0.15) is 23.5 Å². The molecule has 1 aliphatic carbocycles. The zero-order chi connectivity index (χ0) is 21.9. The molecule has 0 amide bonds. The first-order chi connectivity index (χ1) is 14.4. The number of methoxy groups -OCH3 is 1. The number of allylic oxidation sites excluding steroid dienone is 2. The van der Waals surface area contributed by atoms with E-state index < -0.39 is 12.1 Å². The van der Waals surface area contributed by atoms with Gasteiger partial charge in [0.25, 0.3) is 0 Å². The fraction of sp³-hybridized carbons (Fsp3) is 0.545. The number of aliphatic carboxylic acids is 1. The van der Waals surface area contributed by atoms with Gasteiger partial charge in [0, 0.05) is 25.9 Å². The molecule has 1 aromatic rings. The number of aliphatic hydroxyl groups is 2. The number of rotatable bonds is 13. The molecule has 3 unspecified atom stereocenters. The molecule has 0 bridgehead atoms. The first kappa shape index (κ1) is 24.8. The lowest BCUT2D eigenvalue weighted by atomic mass is 9.99. The molecule has 0 aromatic heterocycles. The Balaban J connectivity index is 1.85. The van der Waals surface area contributed by atoms with Crippen molar-refractivity contribution in [1.29, 1.82) is 0 Å². The third-order valence-electron chi connectivity index (χ3n) is 4.88. The Hall–Kier alpha value is -1.48. The zero-order valence-electron chi connectivity index (χ0n) is 17.2. The van der Waals surface area contributed by atoms with E-state index in [1.165, 1.54) is 23.5 Å². The summed E-state index contributed by atoms with van der Waals surface area (Å²) in [7, 11) is 1.64. The van der Waals surface area contributed by atoms with Gasteiger partial charge >= 0.3 is 5.97 Å². The largest absolute Gasteiger partial charge is 0.512 e. The lowest BCUT2D eigenvalue weighted by molar-refractivity contribution is -0.133. The predicted octanol–water partition coefficient (Wildman–Crippen LogP) is 3.47. The van der Waals surface area contributed by atoms with Gasteiger partial charge in [0.1, 0.15) is 5.78 Å². The van der Waals surface area contributed by atoms with Crippen LogP contribution in [-0.2, 0) is 27.4 Å². The van der Waals surface area contributed by atoms with Crippen LogP contribution in [0.25, 0.3) is 0 Å². The van der Waals surface area contributed by atoms with E-state index in [-0.39, 0.29) is 34.9 Å². The third-order valence-corrected chi connectivity index (χ3v) is 7.40. The third kappa shape index (κ3) is 8.34. The molecule has 8 heteroatoms. The van der Waals surface area contributed by atoms with Gasteiger partial charge in [-0.05, 0) is 41.6 Å². The summed E-state index contributed by atoms with van der Waals surface area (Å²) in [6, 6.07) is 7.83. The molecule has 3 atom stereocenters. The maximum absolute atomic E-state index is 12.3. The van der Waals surface area contributed by atoms with Crippen LogP contribution in [0.2, 0.25) is 0 Å². The molecular formula is C22H30O6S2. The number of carbonyl (C=O) groups is 2. The molecule has 1 aromatic carbocycles. The van der Waals surface area contributed by atoms with E-state index in [2.05, 4.69) is 0 Å². The minimum Gasteiger partial charge on any atom is -0.512 e. The van der Waals surface area contributed by atoms with Gasteiger partial charge in [-0.25, -0.2) is 0 Å². The molecule has 0 saturated heterocycles. The van der Waals surface area contributed by atoms with Crippen LogP contribution >= 0.6 is 23.5 Å². The van der Waals surface area contributed by atoms with Gasteiger partial charge < -0.3 is 20.1 Å². The highest BCUT2D eigenvalue weighted by molar-refractivity contribution is 8.01. The van der Waals surface area contributed by atoms with E-state index in [9.17, 15) is 19.8 Å². The van der Waals surface area contributed by atoms with Crippen molar-refractivity contribution in [3.8, 4) is 0 Å². The van der Waals surface area contributed by atoms with Crippen LogP contribution in [-0.4, -0.2) is 62.8 Å². The van der Waals surface area contributed by atoms with Gasteiger partial charge in [-0.3, -0.25) is 9.59 Å². The van der Waals surface area contributed by atoms with Crippen molar-refractivity contribution < 1.29 is 29.6 Å². The summed E-state index contributed by atoms with van der Waals surface area (Å²) in [6.45, 7) is 0.516. The molecule has 2 rings (SSSR count). The van der Waals surface area contributed by atoms with Crippen LogP contribution in [0.3, 0.4) is 0 Å². The number of carboxylic acid groups (broad SMARTS) is 1. The van der Waals surface area contributed by atoms with Gasteiger partial charge in [0.05, 0.1) is 29.5 Å². The van der Waals surface area contributed by atoms with Crippen molar-refractivity contribution in [3.05, 3.63) is 47.2 Å². The first-order valence-electron chi connectivity index (χ1n) is 9.97. The fourth-order valence-corrected chi connectivity index (χ4v) is 5.73. The molecular weight excluding hydrogens is 424 g/mol. The monoisotopic (exact) mass is 454 g/mol. The van der Waals surface area contributed by atoms with Crippen LogP contribution in [0.5, 0.6) is 0 Å². The van der Waals surface area contributed by atoms with Crippen LogP contribution in [0, 0.1) is 5.92 Å². The van der Waals surface area contributed by atoms with Gasteiger partial charge in [-0.15, -0.1) is 0 Å². The number of thioether (sulfide) groups is 2. The molecule has 0 heterocycles. The van der Waals surface area contributed by atoms with Gasteiger partial charge in [0.15, 0.2) is 0 Å². The zero-order valence-corrected chi connectivity index (χ0v) is 18.8. The number of Topliss-reactive ketones (excluding diaryl/α,β-unsaturated/α-hetero) is 1. The average Bonchev–Trinajstić information content (AvgIpc) is 2.95. The van der Waals surface area contributed by atoms with Crippen molar-refractivity contribution in [1.82, 2.24) is 0 Å². The highest BCUT2D eigenvalue weighted by Gasteiger charge is 2.40. The second-order valence-electron chi connectivity index (χ2n) is 7.35. The second kappa shape index (κ2) is 13.0. The second-order valence-corrected chi connectivity index (χ2v) is 9.71. The molecule has 6 nitrogen and oxygen atoms in total. The van der Waals surface area contributed by atoms with Crippen molar-refractivity contribution in [2.75, 3.05) is 24.4 Å². The van der Waals surface area contributed by atoms with E-state index in [0.29, 0.717) is 19.4 Å². The fourth-order valence-electron chi connectivity index (χ4n) is 3.49. The Labute approximate surface area is 186 Å². The van der Waals surface area contributed by atoms with Crippen LogP contribution < -0.4 is 0 Å². The maximum atomic E-state index is 12.3. The number of carboxylic acids is 1. The molecule has 3 N–H and O–H groups in total. The summed E-state index contributed by atoms with van der Waals surface area (Å²) >= 11 is 2.90. The quantitative estimate of drug-likeness (QED) is 0.307. The number of hydrogen-bond donors (Lipinski definition) is 3. The van der Waals surface area contributed by atoms with E-state index >= 15 is 0 Å². The summed E-state index contributed by atoms with van der Waals surface area (Å²) in [5.41, 5.74) is 2.02. The first-order valence-corrected chi connectivity index (χ1v) is 12.2. The topological polar surface area (TPSA) is 104 Å². The summed E-state index contributed by atoms with van der Waals surface area (Å²) in [5, 5.41) is 29.0. The van der Waals surface area contributed by atoms with E-state index in [1.807, 2.05) is 24.3 Å². The molecule has 0 aliphatic heterocycles. The Morgan fingerprint density at radius 2 is 2.03 bits per heavy atom. The van der Waals surface area contributed by atoms with Gasteiger partial charge in [-0.1, -0.05) is 24.3 Å². The molecule has 1 saturated carbocycles. The van der Waals surface area contributed by atoms with Gasteiger partial charge in [0.2, 0.25) is 0 Å². The SMILES string of the molecule is COCc1cccc(C/C(O)=C/CC2C(O)CC(=O)C2SCCCSCC(=O)O)c1. The highest BCUT2D eigenvalue weighted by Crippen LogP contribution is 2.36. The lowest BCUT2D eigenvalue weighted by Crippen LogP contribution is -2.23. The molecule has 1 fully saturated rings. The Morgan fingerprint density at radius 3 is 2.77 bits per heavy atom. The van der Waals surface area contributed by atoms with E-state index in [1.54, 1.807) is 13.2 Å². The molecule has 1 aliphatic rings. The lowest BCUT2D eigenvalue weighted by Gasteiger charge is -2.19. The summed E-state index contributed by atoms with van der Waals surface area (Å²) in [5.74, 6) is 0.813. The normalized spacial score (nSPS) is 21.9. The maximum Gasteiger partial charge on any atom is 0.313 e. The molecule has 30 heavy (non-hydrogen) atoms. The number of carbonyl (C=O) groups excluding carboxylic acids is 1. The number of aliphatic hydroxyl groups excluding tert-OH is 2. The predicted molar refractivity (Wildman–Crippen MR) is 121 cm³/mol. The van der Waals surface area contributed by atoms with Crippen LogP contribution in [0.4, 0.5) is 0 Å². The summed E-state index contributed by atoms with van der Waals surface area (Å²) in [6.07, 6.45) is 2.84. The number of benzene rings is 1. The minimum atomic E-state index is -0.821. The van der Waals surface area contributed by atoms with Crippen molar-refractivity contribution in [2.45, 2.75) is 43.6 Å². The Bertz CT molecular complexity index is 736. The Kier molecular flexibility index (Phi) is 10.8. The molecule has 0 spiro atoms. The highest BCUT2D eigenvalue weighted by atomic mass is 32.2. The summed E-state index contributed by atoms with van der Waals surface area (Å²) < 4.78 is 5.13. The van der Waals surface area contributed by atoms with Crippen LogP contribution in [0.15, 0.2) is 36.1 Å². The molecule has 0 radical (unpaired) electrons. The Morgan fingerprint density at radius 1 is 1.27 bits per heavy atom. The standard InChI is InChI=1S/C22H30O6S2/c1-28-13-16-5-2-4-15(10-16)11-17(23)6-7-18-19(24)12-20(25)22(18)30-9-3-8-29-14-21(26)27/h2,4-6,10,18-19,22-24H,3,7-9,11-14H2,1H3,(H,26,27)/b17-6-. The van der Waals surface area contributed by atoms with E-state index in [4.69, 9.17) is 9.84 Å². The van der Waals surface area contributed by atoms with Crippen molar-refractivity contribution in [2.24, 2.45) is 5.92 Å². The number of hydrogen-bond acceptors (Lipinski definition) is 7. The number of ketones is 1. The average molecular weight is 455 g/mol. The van der Waals surface area contributed by atoms with Crippen molar-refractivity contribution >= 4 is 35.3 Å². The number of ether oxygens (including phenoxy) is 1.